The van der Waals surface area contributed by atoms with Crippen molar-refractivity contribution in [2.45, 2.75) is 16.1 Å². The zero-order valence-corrected chi connectivity index (χ0v) is 12.6. The second-order valence-corrected chi connectivity index (χ2v) is 7.60. The molecule has 106 valence electrons. The first-order valence-electron chi connectivity index (χ1n) is 6.50. The predicted octanol–water partition coefficient (Wildman–Crippen LogP) is 3.42. The molecule has 0 unspecified atom stereocenters. The fraction of sp³-hybridized carbons (Fsp3) is 0.188. The molecular formula is C16H12ClNO2S. The summed E-state index contributed by atoms with van der Waals surface area (Å²) in [5.41, 5.74) is 0.843. The van der Waals surface area contributed by atoms with Gasteiger partial charge in [-0.15, -0.1) is 0 Å². The van der Waals surface area contributed by atoms with Crippen molar-refractivity contribution >= 4 is 21.4 Å². The van der Waals surface area contributed by atoms with Crippen LogP contribution in [0, 0.1) is 17.2 Å². The summed E-state index contributed by atoms with van der Waals surface area (Å²) in [5.74, 6) is -0.783. The Balaban J connectivity index is 1.96. The largest absolute Gasteiger partial charge is 0.223 e. The van der Waals surface area contributed by atoms with E-state index in [1.54, 1.807) is 54.6 Å². The van der Waals surface area contributed by atoms with Gasteiger partial charge in [-0.25, -0.2) is 8.42 Å². The van der Waals surface area contributed by atoms with Crippen molar-refractivity contribution in [1.29, 1.82) is 5.26 Å². The molecule has 0 heterocycles. The van der Waals surface area contributed by atoms with Crippen LogP contribution in [0.2, 0.25) is 5.02 Å². The van der Waals surface area contributed by atoms with Crippen LogP contribution in [0.3, 0.4) is 0 Å². The SMILES string of the molecule is N#C[C@H]1[C@@H](c2ccc(Cl)cc2)[C@@H]1S(=O)(=O)c1ccccc1. The number of halogens is 1. The first kappa shape index (κ1) is 14.1. The zero-order chi connectivity index (χ0) is 15.0. The summed E-state index contributed by atoms with van der Waals surface area (Å²) < 4.78 is 25.3. The third-order valence-corrected chi connectivity index (χ3v) is 6.27. The van der Waals surface area contributed by atoms with E-state index in [4.69, 9.17) is 11.6 Å². The highest BCUT2D eigenvalue weighted by Gasteiger charge is 2.59. The highest BCUT2D eigenvalue weighted by molar-refractivity contribution is 7.92. The number of rotatable bonds is 3. The van der Waals surface area contributed by atoms with Crippen LogP contribution in [0.1, 0.15) is 11.5 Å². The summed E-state index contributed by atoms with van der Waals surface area (Å²) in [6.45, 7) is 0. The fourth-order valence-electron chi connectivity index (χ4n) is 2.67. The number of benzene rings is 2. The molecule has 5 heteroatoms. The molecular weight excluding hydrogens is 306 g/mol. The molecule has 0 bridgehead atoms. The molecule has 1 aliphatic carbocycles. The van der Waals surface area contributed by atoms with Crippen molar-refractivity contribution < 1.29 is 8.42 Å². The molecule has 0 N–H and O–H groups in total. The van der Waals surface area contributed by atoms with Gasteiger partial charge in [0.25, 0.3) is 0 Å². The molecule has 21 heavy (non-hydrogen) atoms. The van der Waals surface area contributed by atoms with E-state index < -0.39 is 21.0 Å². The Hall–Kier alpha value is -1.83. The Labute approximate surface area is 128 Å². The Morgan fingerprint density at radius 1 is 1.00 bits per heavy atom. The summed E-state index contributed by atoms with van der Waals surface area (Å²) in [6.07, 6.45) is 0. The van der Waals surface area contributed by atoms with Crippen LogP contribution < -0.4 is 0 Å². The third kappa shape index (κ3) is 2.44. The number of hydrogen-bond acceptors (Lipinski definition) is 3. The van der Waals surface area contributed by atoms with E-state index in [1.807, 2.05) is 0 Å². The van der Waals surface area contributed by atoms with E-state index in [-0.39, 0.29) is 10.8 Å². The van der Waals surface area contributed by atoms with Crippen LogP contribution in [0.4, 0.5) is 0 Å². The quantitative estimate of drug-likeness (QED) is 0.871. The number of hydrogen-bond donors (Lipinski definition) is 0. The standard InChI is InChI=1S/C16H12ClNO2S/c17-12-8-6-11(7-9-12)15-14(10-18)16(15)21(19,20)13-4-2-1-3-5-13/h1-9,14-16H/t14-,15+,16+/m0/s1. The maximum Gasteiger partial charge on any atom is 0.183 e. The number of nitrogens with zero attached hydrogens (tertiary/aromatic N) is 1. The van der Waals surface area contributed by atoms with Crippen LogP contribution >= 0.6 is 11.6 Å². The molecule has 0 saturated heterocycles. The van der Waals surface area contributed by atoms with Crippen molar-refractivity contribution in [2.75, 3.05) is 0 Å². The molecule has 0 spiro atoms. The summed E-state index contributed by atoms with van der Waals surface area (Å²) in [5, 5.41) is 9.15. The molecule has 2 aromatic rings. The third-order valence-electron chi connectivity index (χ3n) is 3.79. The van der Waals surface area contributed by atoms with E-state index in [0.717, 1.165) is 5.56 Å². The maximum absolute atomic E-state index is 12.6. The Bertz CT molecular complexity index is 794. The van der Waals surface area contributed by atoms with Gasteiger partial charge < -0.3 is 0 Å². The lowest BCUT2D eigenvalue weighted by atomic mass is 10.1. The molecule has 0 amide bonds. The second-order valence-electron chi connectivity index (χ2n) is 5.05. The van der Waals surface area contributed by atoms with E-state index in [9.17, 15) is 13.7 Å². The second kappa shape index (κ2) is 5.18. The smallest absolute Gasteiger partial charge is 0.183 e. The predicted molar refractivity (Wildman–Crippen MR) is 80.7 cm³/mol. The minimum Gasteiger partial charge on any atom is -0.223 e. The minimum absolute atomic E-state index is 0.270. The Morgan fingerprint density at radius 3 is 2.19 bits per heavy atom. The van der Waals surface area contributed by atoms with Gasteiger partial charge in [0.1, 0.15) is 0 Å². The lowest BCUT2D eigenvalue weighted by molar-refractivity contribution is 0.593. The first-order chi connectivity index (χ1) is 10.1. The van der Waals surface area contributed by atoms with Gasteiger partial charge in [0, 0.05) is 10.9 Å². The zero-order valence-electron chi connectivity index (χ0n) is 11.0. The molecule has 1 saturated carbocycles. The summed E-state index contributed by atoms with van der Waals surface area (Å²) >= 11 is 5.85. The van der Waals surface area contributed by atoms with Crippen LogP contribution in [-0.2, 0) is 9.84 Å². The molecule has 3 atom stereocenters. The van der Waals surface area contributed by atoms with Crippen LogP contribution in [0.15, 0.2) is 59.5 Å². The van der Waals surface area contributed by atoms with Gasteiger partial charge in [0.05, 0.1) is 22.1 Å². The molecule has 0 radical (unpaired) electrons. The highest BCUT2D eigenvalue weighted by Crippen LogP contribution is 2.53. The molecule has 3 nitrogen and oxygen atoms in total. The van der Waals surface area contributed by atoms with E-state index in [1.165, 1.54) is 0 Å². The average molecular weight is 318 g/mol. The van der Waals surface area contributed by atoms with Gasteiger partial charge in [-0.1, -0.05) is 41.9 Å². The molecule has 2 aromatic carbocycles. The van der Waals surface area contributed by atoms with Crippen molar-refractivity contribution in [3.63, 3.8) is 0 Å². The normalized spacial score (nSPS) is 24.3. The van der Waals surface area contributed by atoms with E-state index >= 15 is 0 Å². The van der Waals surface area contributed by atoms with Gasteiger partial charge >= 0.3 is 0 Å². The van der Waals surface area contributed by atoms with Crippen LogP contribution in [0.25, 0.3) is 0 Å². The van der Waals surface area contributed by atoms with Crippen LogP contribution in [0.5, 0.6) is 0 Å². The summed E-state index contributed by atoms with van der Waals surface area (Å²) in [4.78, 5) is 0.270. The topological polar surface area (TPSA) is 57.9 Å². The van der Waals surface area contributed by atoms with Crippen molar-refractivity contribution in [3.05, 3.63) is 65.2 Å². The van der Waals surface area contributed by atoms with Gasteiger partial charge in [-0.3, -0.25) is 0 Å². The number of nitriles is 1. The van der Waals surface area contributed by atoms with Gasteiger partial charge in [0.2, 0.25) is 0 Å². The maximum atomic E-state index is 12.6. The van der Waals surface area contributed by atoms with Crippen molar-refractivity contribution in [2.24, 2.45) is 5.92 Å². The molecule has 0 aromatic heterocycles. The van der Waals surface area contributed by atoms with Crippen molar-refractivity contribution in [3.8, 4) is 6.07 Å². The summed E-state index contributed by atoms with van der Waals surface area (Å²) in [6, 6.07) is 17.4. The number of sulfone groups is 1. The van der Waals surface area contributed by atoms with Gasteiger partial charge in [0.15, 0.2) is 9.84 Å². The first-order valence-corrected chi connectivity index (χ1v) is 8.42. The van der Waals surface area contributed by atoms with E-state index in [0.29, 0.717) is 5.02 Å². The van der Waals surface area contributed by atoms with Crippen molar-refractivity contribution in [1.82, 2.24) is 0 Å². The Morgan fingerprint density at radius 2 is 1.62 bits per heavy atom. The average Bonchev–Trinajstić information content (AvgIpc) is 3.24. The lowest BCUT2D eigenvalue weighted by Gasteiger charge is -2.03. The molecule has 0 aliphatic heterocycles. The summed E-state index contributed by atoms with van der Waals surface area (Å²) in [7, 11) is -3.49. The molecule has 1 aliphatic rings. The lowest BCUT2D eigenvalue weighted by Crippen LogP contribution is -2.10. The van der Waals surface area contributed by atoms with Crippen LogP contribution in [-0.4, -0.2) is 13.7 Å². The monoisotopic (exact) mass is 317 g/mol. The molecule has 1 fully saturated rings. The molecule has 3 rings (SSSR count). The van der Waals surface area contributed by atoms with Gasteiger partial charge in [-0.05, 0) is 29.8 Å². The highest BCUT2D eigenvalue weighted by atomic mass is 35.5. The Kier molecular flexibility index (Phi) is 3.48. The minimum atomic E-state index is -3.49. The van der Waals surface area contributed by atoms with E-state index in [2.05, 4.69) is 6.07 Å². The fourth-order valence-corrected chi connectivity index (χ4v) is 4.89. The van der Waals surface area contributed by atoms with Gasteiger partial charge in [-0.2, -0.15) is 5.26 Å².